The number of benzene rings is 14. The van der Waals surface area contributed by atoms with E-state index in [2.05, 4.69) is 407 Å². The van der Waals surface area contributed by atoms with E-state index >= 15 is 0 Å². The highest BCUT2D eigenvalue weighted by Crippen LogP contribution is 2.55. The molecule has 0 radical (unpaired) electrons. The van der Waals surface area contributed by atoms with Crippen LogP contribution in [0.2, 0.25) is 0 Å². The number of aromatic nitrogens is 2. The molecule has 118 heavy (non-hydrogen) atoms. The molecule has 3 aromatic heterocycles. The van der Waals surface area contributed by atoms with Crippen LogP contribution >= 0.6 is 0 Å². The maximum atomic E-state index is 9.79. The highest BCUT2D eigenvalue weighted by atomic mass is 16.3. The van der Waals surface area contributed by atoms with E-state index in [1.807, 2.05) is 6.07 Å². The third kappa shape index (κ3) is 12.6. The lowest BCUT2D eigenvalue weighted by atomic mass is 9.33. The van der Waals surface area contributed by atoms with Crippen LogP contribution in [0, 0.1) is 0 Å². The van der Waals surface area contributed by atoms with Gasteiger partial charge in [0.15, 0.2) is 11.2 Å². The number of nitrogens with zero attached hydrogens (tertiary/aromatic N) is 4. The lowest BCUT2D eigenvalue weighted by Gasteiger charge is -2.45. The van der Waals surface area contributed by atoms with Crippen LogP contribution in [0.15, 0.2) is 283 Å². The van der Waals surface area contributed by atoms with Crippen molar-refractivity contribution in [2.45, 2.75) is 183 Å². The molecule has 0 N–H and O–H groups in total. The molecule has 0 bridgehead atoms. The first-order valence-electron chi connectivity index (χ1n) is 44.7. The summed E-state index contributed by atoms with van der Waals surface area (Å²) in [4.78, 5) is 5.06. The second-order valence-electron chi connectivity index (χ2n) is 40.8. The molecule has 2 aliphatic heterocycles. The summed E-state index contributed by atoms with van der Waals surface area (Å²) < 4.78 is 60.0. The molecule has 14 aromatic carbocycles. The zero-order chi connectivity index (χ0) is 86.9. The first-order valence-corrected chi connectivity index (χ1v) is 42.2. The first-order chi connectivity index (χ1) is 58.0. The summed E-state index contributed by atoms with van der Waals surface area (Å²) in [7, 11) is 0. The van der Waals surface area contributed by atoms with Crippen molar-refractivity contribution >= 4 is 123 Å². The van der Waals surface area contributed by atoms with Gasteiger partial charge in [-0.25, -0.2) is 0 Å². The zero-order valence-electron chi connectivity index (χ0n) is 77.4. The molecule has 0 saturated carbocycles. The molecule has 5 heterocycles. The number of hydrogen-bond donors (Lipinski definition) is 0. The van der Waals surface area contributed by atoms with Crippen LogP contribution in [0.25, 0.3) is 121 Å². The van der Waals surface area contributed by atoms with Crippen molar-refractivity contribution in [3.63, 3.8) is 0 Å². The molecular formula is C112H109BN4O. The molecule has 6 heteroatoms. The summed E-state index contributed by atoms with van der Waals surface area (Å²) in [6.45, 7) is 47.9. The Morgan fingerprint density at radius 2 is 0.653 bits per heavy atom. The van der Waals surface area contributed by atoms with Gasteiger partial charge in [0.1, 0.15) is 0 Å². The number of hydrogen-bond acceptors (Lipinski definition) is 3. The summed E-state index contributed by atoms with van der Waals surface area (Å²) in [5.41, 5.74) is 30.5. The van der Waals surface area contributed by atoms with Gasteiger partial charge in [0, 0.05) is 71.9 Å². The van der Waals surface area contributed by atoms with E-state index in [0.717, 1.165) is 145 Å². The number of para-hydroxylation sites is 2. The highest BCUT2D eigenvalue weighted by molar-refractivity contribution is 7.00. The lowest BCUT2D eigenvalue weighted by Crippen LogP contribution is -2.61. The maximum Gasteiger partial charge on any atom is 0.252 e. The Labute approximate surface area is 705 Å². The Morgan fingerprint density at radius 3 is 1.11 bits per heavy atom. The largest absolute Gasteiger partial charge is 0.452 e. The van der Waals surface area contributed by atoms with E-state index in [0.29, 0.717) is 5.56 Å². The quantitative estimate of drug-likeness (QED) is 0.142. The van der Waals surface area contributed by atoms with Gasteiger partial charge in [-0.2, -0.15) is 0 Å². The van der Waals surface area contributed by atoms with Gasteiger partial charge in [-0.15, -0.1) is 0 Å². The van der Waals surface area contributed by atoms with Gasteiger partial charge < -0.3 is 23.4 Å². The van der Waals surface area contributed by atoms with Gasteiger partial charge in [0.2, 0.25) is 0 Å². The molecular weight excluding hydrogens is 1430 g/mol. The van der Waals surface area contributed by atoms with E-state index in [1.165, 1.54) is 54.9 Å². The minimum atomic E-state index is -0.485. The van der Waals surface area contributed by atoms with Crippen molar-refractivity contribution in [2.24, 2.45) is 0 Å². The molecule has 17 aromatic rings. The molecule has 0 saturated heterocycles. The number of furan rings is 1. The van der Waals surface area contributed by atoms with Crippen LogP contribution in [0.4, 0.5) is 34.1 Å². The average molecular weight is 1540 g/mol. The van der Waals surface area contributed by atoms with Gasteiger partial charge in [0.25, 0.3) is 6.71 Å². The fraction of sp³-hybridized carbons (Fsp3) is 0.250. The van der Waals surface area contributed by atoms with Crippen LogP contribution < -0.4 is 26.2 Å². The van der Waals surface area contributed by atoms with Crippen LogP contribution in [0.3, 0.4) is 0 Å². The molecule has 5 nitrogen and oxygen atoms in total. The minimum absolute atomic E-state index is 0.0931. The number of anilines is 6. The lowest BCUT2D eigenvalue weighted by molar-refractivity contribution is 0.569. The average Bonchev–Trinajstić information content (AvgIpc) is 0.725. The second kappa shape index (κ2) is 26.8. The third-order valence-electron chi connectivity index (χ3n) is 25.4. The van der Waals surface area contributed by atoms with E-state index in [1.54, 1.807) is 0 Å². The summed E-state index contributed by atoms with van der Waals surface area (Å²) in [5.74, 6) is 0. The van der Waals surface area contributed by atoms with Crippen molar-refractivity contribution < 1.29 is 11.3 Å². The van der Waals surface area contributed by atoms with Crippen molar-refractivity contribution in [1.82, 2.24) is 9.13 Å². The van der Waals surface area contributed by atoms with Crippen LogP contribution in [0.5, 0.6) is 0 Å². The Hall–Kier alpha value is -11.9. The smallest absolute Gasteiger partial charge is 0.252 e. The summed E-state index contributed by atoms with van der Waals surface area (Å²) in [5, 5.41) is 6.75. The maximum absolute atomic E-state index is 9.79. The van der Waals surface area contributed by atoms with Crippen LogP contribution in [-0.4, -0.2) is 15.8 Å². The first kappa shape index (κ1) is 70.4. The number of rotatable bonds is 8. The molecule has 0 fully saturated rings. The standard InChI is InChI=1S/C112H109BN4O/c1-106(2,3)74-44-51-92-86(61-74)87-62-75(107(4,5)6)45-52-93(87)114(92)81-48-50-91-99(67-81)116(97-42-32-40-83-82-39-31-41-96(104(82)118-105(83)97)115-94-53-46-76(108(7,8)9)63-88(94)89-64-77(109(10,11)12)47-54-95(89)115)100-58-73(72-55-78(110(13,14)15)60-79(56-72)111(16,17)18)59-101-102(100)113(91)90-49-43-71(68-33-25-22-26-34-68)57-98(90)117(101)103-84(69-35-27-23-28-36-69)65-80(112(19,20)21)66-85(103)70-37-29-24-30-38-70/h22-67H,1-21H3/i22D,25D,26D,33D,34D. The fourth-order valence-corrected chi connectivity index (χ4v) is 18.6. The Bertz CT molecular complexity index is 7030. The Balaban J connectivity index is 0.995. The van der Waals surface area contributed by atoms with E-state index in [4.69, 9.17) is 5.79 Å². The second-order valence-corrected chi connectivity index (χ2v) is 40.8. The SMILES string of the molecule is [2H]c1c([2H])c([2H])c(-c2ccc3c(c2)N(c2c(-c4ccccc4)cc(C(C)(C)C)cc2-c2ccccc2)c2cc(-c4cc(C(C)(C)C)cc(C(C)(C)C)c4)cc4c2B3c2ccc(-n3c5ccc(C(C)(C)C)cc5c5cc(C(C)(C)C)ccc53)cc2N4c2cccc3c2oc2c(-n4c5ccc(C(C)(C)C)cc5c5cc(C(C)(C)C)ccc54)cccc23)c([2H])c1[2H]. The Morgan fingerprint density at radius 1 is 0.263 bits per heavy atom. The van der Waals surface area contributed by atoms with Crippen LogP contribution in [-0.2, 0) is 37.9 Å². The molecule has 0 unspecified atom stereocenters. The van der Waals surface area contributed by atoms with Crippen molar-refractivity contribution in [3.8, 4) is 55.9 Å². The van der Waals surface area contributed by atoms with Crippen molar-refractivity contribution in [3.05, 3.63) is 318 Å². The zero-order valence-corrected chi connectivity index (χ0v) is 72.4. The summed E-state index contributed by atoms with van der Waals surface area (Å²) in [6.07, 6.45) is 0. The molecule has 0 spiro atoms. The van der Waals surface area contributed by atoms with E-state index < -0.39 is 12.8 Å². The molecule has 586 valence electrons. The highest BCUT2D eigenvalue weighted by Gasteiger charge is 2.46. The molecule has 2 aliphatic rings. The molecule has 19 rings (SSSR count). The van der Waals surface area contributed by atoms with Crippen molar-refractivity contribution in [2.75, 3.05) is 9.80 Å². The molecule has 0 amide bonds. The van der Waals surface area contributed by atoms with Crippen LogP contribution in [0.1, 0.15) is 191 Å². The summed E-state index contributed by atoms with van der Waals surface area (Å²) >= 11 is 0. The molecule has 0 atom stereocenters. The predicted molar refractivity (Wildman–Crippen MR) is 509 cm³/mol. The van der Waals surface area contributed by atoms with Gasteiger partial charge in [-0.1, -0.05) is 321 Å². The van der Waals surface area contributed by atoms with Gasteiger partial charge in [0.05, 0.1) is 46.0 Å². The van der Waals surface area contributed by atoms with Gasteiger partial charge in [-0.3, -0.25) is 0 Å². The van der Waals surface area contributed by atoms with E-state index in [9.17, 15) is 5.48 Å². The molecule has 0 aliphatic carbocycles. The third-order valence-corrected chi connectivity index (χ3v) is 25.4. The van der Waals surface area contributed by atoms with Crippen molar-refractivity contribution in [1.29, 1.82) is 0 Å². The number of fused-ring (bicyclic) bond motifs is 13. The normalized spacial score (nSPS) is 14.2. The monoisotopic (exact) mass is 1540 g/mol. The van der Waals surface area contributed by atoms with Gasteiger partial charge >= 0.3 is 0 Å². The van der Waals surface area contributed by atoms with E-state index in [-0.39, 0.29) is 67.6 Å². The minimum Gasteiger partial charge on any atom is -0.452 e. The Kier molecular flexibility index (Phi) is 16.0. The topological polar surface area (TPSA) is 29.5 Å². The fourth-order valence-electron chi connectivity index (χ4n) is 18.6. The van der Waals surface area contributed by atoms with Gasteiger partial charge in [-0.05, 0) is 230 Å². The summed E-state index contributed by atoms with van der Waals surface area (Å²) in [6, 6.07) is 92.0. The predicted octanol–water partition coefficient (Wildman–Crippen LogP) is 29.6.